The molecule has 4 aromatic rings. The van der Waals surface area contributed by atoms with E-state index in [1.165, 1.54) is 11.1 Å². The van der Waals surface area contributed by atoms with Crippen molar-refractivity contribution in [3.63, 3.8) is 0 Å². The first-order chi connectivity index (χ1) is 11.1. The molecule has 2 heterocycles. The second-order valence-corrected chi connectivity index (χ2v) is 5.75. The molecule has 0 spiro atoms. The molecule has 0 N–H and O–H groups in total. The lowest BCUT2D eigenvalue weighted by molar-refractivity contribution is 0.561. The first kappa shape index (κ1) is 13.8. The molecule has 2 aromatic heterocycles. The summed E-state index contributed by atoms with van der Waals surface area (Å²) >= 11 is 0. The number of aromatic nitrogens is 3. The Balaban J connectivity index is 2.00. The number of oxazole rings is 1. The van der Waals surface area contributed by atoms with Crippen LogP contribution < -0.4 is 0 Å². The molecule has 4 heteroatoms. The Bertz CT molecular complexity index is 990. The highest BCUT2D eigenvalue weighted by atomic mass is 16.3. The van der Waals surface area contributed by atoms with E-state index in [1.54, 1.807) is 0 Å². The lowest BCUT2D eigenvalue weighted by atomic mass is 10.1. The minimum absolute atomic E-state index is 0.664. The molecule has 0 atom stereocenters. The number of benzene rings is 2. The van der Waals surface area contributed by atoms with Crippen LogP contribution in [0.3, 0.4) is 0 Å². The van der Waals surface area contributed by atoms with Gasteiger partial charge < -0.3 is 4.42 Å². The van der Waals surface area contributed by atoms with Gasteiger partial charge in [0.15, 0.2) is 11.5 Å². The van der Waals surface area contributed by atoms with Gasteiger partial charge in [-0.2, -0.15) is 0 Å². The van der Waals surface area contributed by atoms with Crippen LogP contribution in [0.2, 0.25) is 0 Å². The molecule has 0 saturated carbocycles. The Hall–Kier alpha value is -2.88. The van der Waals surface area contributed by atoms with Crippen LogP contribution in [0.1, 0.15) is 17.0 Å². The monoisotopic (exact) mass is 303 g/mol. The summed E-state index contributed by atoms with van der Waals surface area (Å²) in [6.45, 7) is 6.10. The second kappa shape index (κ2) is 5.09. The molecule has 4 nitrogen and oxygen atoms in total. The SMILES string of the molecule is Cc1nc2c(-c3nccn3-c3c(C)cccc3C)cccc2o1. The van der Waals surface area contributed by atoms with E-state index < -0.39 is 0 Å². The third kappa shape index (κ3) is 2.14. The van der Waals surface area contributed by atoms with E-state index in [9.17, 15) is 0 Å². The van der Waals surface area contributed by atoms with Crippen molar-refractivity contribution in [2.45, 2.75) is 20.8 Å². The van der Waals surface area contributed by atoms with E-state index in [4.69, 9.17) is 4.42 Å². The smallest absolute Gasteiger partial charge is 0.192 e. The number of hydrogen-bond acceptors (Lipinski definition) is 3. The first-order valence-corrected chi connectivity index (χ1v) is 7.61. The molecule has 4 rings (SSSR count). The van der Waals surface area contributed by atoms with Gasteiger partial charge >= 0.3 is 0 Å². The third-order valence-corrected chi connectivity index (χ3v) is 4.09. The maximum atomic E-state index is 5.65. The van der Waals surface area contributed by atoms with Gasteiger partial charge in [-0.05, 0) is 37.1 Å². The standard InChI is InChI=1S/C19H17N3O/c1-12-6-4-7-13(2)18(12)22-11-10-20-19(22)15-8-5-9-16-17(15)21-14(3)23-16/h4-11H,1-3H3. The highest BCUT2D eigenvalue weighted by Gasteiger charge is 2.16. The molecule has 0 bridgehead atoms. The Morgan fingerprint density at radius 3 is 2.48 bits per heavy atom. The van der Waals surface area contributed by atoms with E-state index in [-0.39, 0.29) is 0 Å². The van der Waals surface area contributed by atoms with Crippen molar-refractivity contribution in [2.75, 3.05) is 0 Å². The van der Waals surface area contributed by atoms with Gasteiger partial charge in [0.25, 0.3) is 0 Å². The Morgan fingerprint density at radius 1 is 0.957 bits per heavy atom. The largest absolute Gasteiger partial charge is 0.441 e. The van der Waals surface area contributed by atoms with Crippen LogP contribution in [-0.2, 0) is 0 Å². The predicted molar refractivity (Wildman–Crippen MR) is 90.8 cm³/mol. The maximum Gasteiger partial charge on any atom is 0.192 e. The Kier molecular flexibility index (Phi) is 3.05. The number of imidazole rings is 1. The number of para-hydroxylation sites is 2. The van der Waals surface area contributed by atoms with E-state index in [2.05, 4.69) is 46.6 Å². The highest BCUT2D eigenvalue weighted by molar-refractivity contribution is 5.89. The van der Waals surface area contributed by atoms with Crippen LogP contribution >= 0.6 is 0 Å². The van der Waals surface area contributed by atoms with Gasteiger partial charge in [-0.1, -0.05) is 24.3 Å². The van der Waals surface area contributed by atoms with Crippen LogP contribution in [0.15, 0.2) is 53.2 Å². The quantitative estimate of drug-likeness (QED) is 0.543. The van der Waals surface area contributed by atoms with Crippen molar-refractivity contribution in [1.29, 1.82) is 0 Å². The summed E-state index contributed by atoms with van der Waals surface area (Å²) in [5.74, 6) is 1.54. The predicted octanol–water partition coefficient (Wildman–Crippen LogP) is 4.61. The topological polar surface area (TPSA) is 43.9 Å². The van der Waals surface area contributed by atoms with Gasteiger partial charge in [0, 0.05) is 24.9 Å². The fraction of sp³-hybridized carbons (Fsp3) is 0.158. The minimum atomic E-state index is 0.664. The van der Waals surface area contributed by atoms with Crippen molar-refractivity contribution in [3.8, 4) is 17.1 Å². The molecule has 0 fully saturated rings. The van der Waals surface area contributed by atoms with Gasteiger partial charge in [-0.3, -0.25) is 4.57 Å². The number of aryl methyl sites for hydroxylation is 3. The average Bonchev–Trinajstić information content (AvgIpc) is 3.12. The summed E-state index contributed by atoms with van der Waals surface area (Å²) < 4.78 is 7.78. The molecule has 0 aliphatic heterocycles. The Morgan fingerprint density at radius 2 is 1.70 bits per heavy atom. The van der Waals surface area contributed by atoms with Crippen molar-refractivity contribution >= 4 is 11.1 Å². The lowest BCUT2D eigenvalue weighted by Crippen LogP contribution is -2.01. The van der Waals surface area contributed by atoms with E-state index in [0.29, 0.717) is 5.89 Å². The molecular weight excluding hydrogens is 286 g/mol. The summed E-state index contributed by atoms with van der Waals surface area (Å²) in [6, 6.07) is 12.3. The molecule has 0 aliphatic carbocycles. The zero-order valence-corrected chi connectivity index (χ0v) is 13.4. The molecule has 0 saturated heterocycles. The fourth-order valence-corrected chi connectivity index (χ4v) is 3.11. The molecule has 0 radical (unpaired) electrons. The molecular formula is C19H17N3O. The van der Waals surface area contributed by atoms with E-state index in [0.717, 1.165) is 28.2 Å². The molecule has 23 heavy (non-hydrogen) atoms. The average molecular weight is 303 g/mol. The zero-order chi connectivity index (χ0) is 16.0. The zero-order valence-electron chi connectivity index (χ0n) is 13.4. The van der Waals surface area contributed by atoms with Crippen LogP contribution in [-0.4, -0.2) is 14.5 Å². The van der Waals surface area contributed by atoms with Gasteiger partial charge in [0.05, 0.1) is 5.69 Å². The number of hydrogen-bond donors (Lipinski definition) is 0. The number of rotatable bonds is 2. The van der Waals surface area contributed by atoms with Gasteiger partial charge in [-0.25, -0.2) is 9.97 Å². The van der Waals surface area contributed by atoms with Crippen LogP contribution in [0, 0.1) is 20.8 Å². The second-order valence-electron chi connectivity index (χ2n) is 5.75. The summed E-state index contributed by atoms with van der Waals surface area (Å²) in [5, 5.41) is 0. The number of nitrogens with zero attached hydrogens (tertiary/aromatic N) is 3. The highest BCUT2D eigenvalue weighted by Crippen LogP contribution is 2.30. The lowest BCUT2D eigenvalue weighted by Gasteiger charge is -2.14. The van der Waals surface area contributed by atoms with Gasteiger partial charge in [0.2, 0.25) is 0 Å². The van der Waals surface area contributed by atoms with E-state index in [1.807, 2.05) is 37.5 Å². The minimum Gasteiger partial charge on any atom is -0.441 e. The van der Waals surface area contributed by atoms with Crippen LogP contribution in [0.5, 0.6) is 0 Å². The summed E-state index contributed by atoms with van der Waals surface area (Å²) in [4.78, 5) is 9.11. The molecule has 0 unspecified atom stereocenters. The van der Waals surface area contributed by atoms with Crippen molar-refractivity contribution in [1.82, 2.24) is 14.5 Å². The van der Waals surface area contributed by atoms with Crippen molar-refractivity contribution in [3.05, 3.63) is 65.8 Å². The Labute approximate surface area is 134 Å². The van der Waals surface area contributed by atoms with Gasteiger partial charge in [-0.15, -0.1) is 0 Å². The van der Waals surface area contributed by atoms with Crippen molar-refractivity contribution in [2.24, 2.45) is 0 Å². The maximum absolute atomic E-state index is 5.65. The molecule has 114 valence electrons. The molecule has 0 amide bonds. The third-order valence-electron chi connectivity index (χ3n) is 4.09. The molecule has 0 aliphatic rings. The van der Waals surface area contributed by atoms with Gasteiger partial charge in [0.1, 0.15) is 11.3 Å². The number of fused-ring (bicyclic) bond motifs is 1. The fourth-order valence-electron chi connectivity index (χ4n) is 3.11. The van der Waals surface area contributed by atoms with Crippen molar-refractivity contribution < 1.29 is 4.42 Å². The summed E-state index contributed by atoms with van der Waals surface area (Å²) in [6.07, 6.45) is 3.82. The van der Waals surface area contributed by atoms with Crippen LogP contribution in [0.4, 0.5) is 0 Å². The first-order valence-electron chi connectivity index (χ1n) is 7.61. The molecule has 2 aromatic carbocycles. The normalized spacial score (nSPS) is 11.3. The van der Waals surface area contributed by atoms with Crippen LogP contribution in [0.25, 0.3) is 28.2 Å². The van der Waals surface area contributed by atoms with E-state index >= 15 is 0 Å². The summed E-state index contributed by atoms with van der Waals surface area (Å²) in [5.41, 5.74) is 6.21. The summed E-state index contributed by atoms with van der Waals surface area (Å²) in [7, 11) is 0.